The molecule has 2 rings (SSSR count). The monoisotopic (exact) mass is 269 g/mol. The molecule has 20 heavy (non-hydrogen) atoms. The fourth-order valence-electron chi connectivity index (χ4n) is 2.18. The summed E-state index contributed by atoms with van der Waals surface area (Å²) in [7, 11) is 0. The van der Waals surface area contributed by atoms with Crippen molar-refractivity contribution in [2.45, 2.75) is 32.9 Å². The van der Waals surface area contributed by atoms with E-state index in [1.54, 1.807) is 6.92 Å². The SMILES string of the molecule is Cc1ccc(-c2ccc(C(C)NCC(C)O)cc2)cc1. The van der Waals surface area contributed by atoms with Crippen molar-refractivity contribution in [3.63, 3.8) is 0 Å². The molecule has 0 aromatic heterocycles. The van der Waals surface area contributed by atoms with Crippen molar-refractivity contribution >= 4 is 0 Å². The van der Waals surface area contributed by atoms with Gasteiger partial charge in [-0.2, -0.15) is 0 Å². The molecule has 0 spiro atoms. The van der Waals surface area contributed by atoms with Gasteiger partial charge in [0.25, 0.3) is 0 Å². The average molecular weight is 269 g/mol. The Morgan fingerprint density at radius 3 is 1.90 bits per heavy atom. The van der Waals surface area contributed by atoms with Crippen LogP contribution in [0.25, 0.3) is 11.1 Å². The number of benzene rings is 2. The molecule has 0 saturated heterocycles. The first kappa shape index (κ1) is 14.8. The molecule has 0 aliphatic heterocycles. The lowest BCUT2D eigenvalue weighted by Gasteiger charge is -2.16. The quantitative estimate of drug-likeness (QED) is 0.867. The van der Waals surface area contributed by atoms with Crippen LogP contribution >= 0.6 is 0 Å². The summed E-state index contributed by atoms with van der Waals surface area (Å²) < 4.78 is 0. The fraction of sp³-hybridized carbons (Fsp3) is 0.333. The van der Waals surface area contributed by atoms with Gasteiger partial charge in [-0.05, 0) is 37.5 Å². The number of nitrogens with one attached hydrogen (secondary N) is 1. The van der Waals surface area contributed by atoms with Crippen molar-refractivity contribution in [3.8, 4) is 11.1 Å². The van der Waals surface area contributed by atoms with Crippen LogP contribution in [0.1, 0.15) is 31.0 Å². The lowest BCUT2D eigenvalue weighted by Crippen LogP contribution is -2.27. The Bertz CT molecular complexity index is 528. The summed E-state index contributed by atoms with van der Waals surface area (Å²) in [5.74, 6) is 0. The molecular formula is C18H23NO. The van der Waals surface area contributed by atoms with Crippen molar-refractivity contribution in [1.29, 1.82) is 0 Å². The highest BCUT2D eigenvalue weighted by Crippen LogP contribution is 2.22. The molecule has 0 radical (unpaired) electrons. The predicted octanol–water partition coefficient (Wildman–Crippen LogP) is 3.69. The van der Waals surface area contributed by atoms with E-state index in [0.717, 1.165) is 0 Å². The highest BCUT2D eigenvalue weighted by atomic mass is 16.3. The molecule has 2 aromatic carbocycles. The zero-order valence-electron chi connectivity index (χ0n) is 12.4. The Balaban J connectivity index is 2.07. The van der Waals surface area contributed by atoms with Crippen molar-refractivity contribution in [3.05, 3.63) is 59.7 Å². The Morgan fingerprint density at radius 2 is 1.40 bits per heavy atom. The van der Waals surface area contributed by atoms with Gasteiger partial charge in [0.15, 0.2) is 0 Å². The van der Waals surface area contributed by atoms with Crippen LogP contribution in [0.4, 0.5) is 0 Å². The standard InChI is InChI=1S/C18H23NO/c1-13-4-6-17(7-5-13)18-10-8-16(9-11-18)15(3)19-12-14(2)20/h4-11,14-15,19-20H,12H2,1-3H3. The van der Waals surface area contributed by atoms with Gasteiger partial charge in [0.05, 0.1) is 6.10 Å². The summed E-state index contributed by atoms with van der Waals surface area (Å²) in [6.07, 6.45) is -0.315. The van der Waals surface area contributed by atoms with E-state index < -0.39 is 0 Å². The zero-order chi connectivity index (χ0) is 14.5. The van der Waals surface area contributed by atoms with E-state index in [0.29, 0.717) is 6.54 Å². The van der Waals surface area contributed by atoms with E-state index >= 15 is 0 Å². The van der Waals surface area contributed by atoms with Crippen molar-refractivity contribution in [2.24, 2.45) is 0 Å². The first-order chi connectivity index (χ1) is 9.56. The van der Waals surface area contributed by atoms with Crippen LogP contribution in [0.3, 0.4) is 0 Å². The van der Waals surface area contributed by atoms with Crippen molar-refractivity contribution in [2.75, 3.05) is 6.54 Å². The van der Waals surface area contributed by atoms with Crippen LogP contribution in [0, 0.1) is 6.92 Å². The summed E-state index contributed by atoms with van der Waals surface area (Å²) in [6, 6.07) is 17.4. The molecule has 2 nitrogen and oxygen atoms in total. The van der Waals surface area contributed by atoms with E-state index in [2.05, 4.69) is 67.7 Å². The van der Waals surface area contributed by atoms with E-state index in [1.807, 2.05) is 0 Å². The molecule has 2 N–H and O–H groups in total. The third kappa shape index (κ3) is 3.92. The Morgan fingerprint density at radius 1 is 0.900 bits per heavy atom. The van der Waals surface area contributed by atoms with Gasteiger partial charge in [0.2, 0.25) is 0 Å². The maximum Gasteiger partial charge on any atom is 0.0636 e. The summed E-state index contributed by atoms with van der Waals surface area (Å²) in [5.41, 5.74) is 4.99. The van der Waals surface area contributed by atoms with Crippen LogP contribution in [0.5, 0.6) is 0 Å². The van der Waals surface area contributed by atoms with Crippen molar-refractivity contribution in [1.82, 2.24) is 5.32 Å². The van der Waals surface area contributed by atoms with Gasteiger partial charge in [0.1, 0.15) is 0 Å². The minimum absolute atomic E-state index is 0.247. The maximum absolute atomic E-state index is 9.30. The Labute approximate surface area is 121 Å². The molecule has 0 heterocycles. The van der Waals surface area contributed by atoms with Gasteiger partial charge >= 0.3 is 0 Å². The number of hydrogen-bond acceptors (Lipinski definition) is 2. The molecule has 2 aromatic rings. The molecule has 0 amide bonds. The second kappa shape index (κ2) is 6.69. The smallest absolute Gasteiger partial charge is 0.0636 e. The van der Waals surface area contributed by atoms with E-state index in [1.165, 1.54) is 22.3 Å². The molecule has 106 valence electrons. The molecule has 0 saturated carbocycles. The number of hydrogen-bond donors (Lipinski definition) is 2. The van der Waals surface area contributed by atoms with Gasteiger partial charge in [-0.1, -0.05) is 54.1 Å². The second-order valence-corrected chi connectivity index (χ2v) is 5.47. The predicted molar refractivity (Wildman–Crippen MR) is 84.7 cm³/mol. The first-order valence-corrected chi connectivity index (χ1v) is 7.14. The summed E-state index contributed by atoms with van der Waals surface area (Å²) in [4.78, 5) is 0. The first-order valence-electron chi connectivity index (χ1n) is 7.14. The van der Waals surface area contributed by atoms with Crippen LogP contribution < -0.4 is 5.32 Å². The number of rotatable bonds is 5. The lowest BCUT2D eigenvalue weighted by atomic mass is 10.0. The molecule has 0 bridgehead atoms. The molecule has 0 aliphatic carbocycles. The third-order valence-corrected chi connectivity index (χ3v) is 3.52. The molecule has 2 unspecified atom stereocenters. The Hall–Kier alpha value is -1.64. The van der Waals surface area contributed by atoms with Crippen LogP contribution in [0.2, 0.25) is 0 Å². The lowest BCUT2D eigenvalue weighted by molar-refractivity contribution is 0.187. The van der Waals surface area contributed by atoms with Crippen LogP contribution in [-0.2, 0) is 0 Å². The topological polar surface area (TPSA) is 32.3 Å². The second-order valence-electron chi connectivity index (χ2n) is 5.47. The number of aryl methyl sites for hydroxylation is 1. The van der Waals surface area contributed by atoms with Gasteiger partial charge in [-0.3, -0.25) is 0 Å². The molecule has 2 atom stereocenters. The summed E-state index contributed by atoms with van der Waals surface area (Å²) >= 11 is 0. The largest absolute Gasteiger partial charge is 0.392 e. The molecule has 0 aliphatic rings. The van der Waals surface area contributed by atoms with E-state index in [-0.39, 0.29) is 12.1 Å². The van der Waals surface area contributed by atoms with Crippen molar-refractivity contribution < 1.29 is 5.11 Å². The van der Waals surface area contributed by atoms with Crippen LogP contribution in [0.15, 0.2) is 48.5 Å². The highest BCUT2D eigenvalue weighted by Gasteiger charge is 2.06. The average Bonchev–Trinajstić information content (AvgIpc) is 2.46. The van der Waals surface area contributed by atoms with Gasteiger partial charge < -0.3 is 10.4 Å². The van der Waals surface area contributed by atoms with Gasteiger partial charge in [-0.25, -0.2) is 0 Å². The van der Waals surface area contributed by atoms with Gasteiger partial charge in [0, 0.05) is 12.6 Å². The molecule has 0 fully saturated rings. The third-order valence-electron chi connectivity index (χ3n) is 3.52. The van der Waals surface area contributed by atoms with E-state index in [4.69, 9.17) is 0 Å². The number of aliphatic hydroxyl groups excluding tert-OH is 1. The minimum Gasteiger partial charge on any atom is -0.392 e. The normalized spacial score (nSPS) is 14.0. The molecular weight excluding hydrogens is 246 g/mol. The Kier molecular flexibility index (Phi) is 4.94. The highest BCUT2D eigenvalue weighted by molar-refractivity contribution is 5.64. The summed E-state index contributed by atoms with van der Waals surface area (Å²) in [6.45, 7) is 6.62. The maximum atomic E-state index is 9.30. The minimum atomic E-state index is -0.315. The van der Waals surface area contributed by atoms with Gasteiger partial charge in [-0.15, -0.1) is 0 Å². The molecule has 2 heteroatoms. The van der Waals surface area contributed by atoms with Crippen LogP contribution in [-0.4, -0.2) is 17.8 Å². The van der Waals surface area contributed by atoms with E-state index in [9.17, 15) is 5.11 Å². The zero-order valence-corrected chi connectivity index (χ0v) is 12.4. The summed E-state index contributed by atoms with van der Waals surface area (Å²) in [5, 5.41) is 12.6. The number of aliphatic hydroxyl groups is 1. The fourth-order valence-corrected chi connectivity index (χ4v) is 2.18.